The molecule has 1 aliphatic heterocycles. The Labute approximate surface area is 318 Å². The average molecular weight is 760 g/mol. The molecule has 5 aromatic carbocycles. The zero-order valence-corrected chi connectivity index (χ0v) is 31.2. The number of carbonyl (C=O) groups is 2. The number of nitrogens with zero attached hydrogens (tertiary/aromatic N) is 2. The van der Waals surface area contributed by atoms with E-state index in [0.717, 1.165) is 21.7 Å². The number of benzene rings is 5. The molecule has 1 N–H and O–H groups in total. The minimum Gasteiger partial charge on any atom is -0.455 e. The second-order valence-corrected chi connectivity index (χ2v) is 15.3. The van der Waals surface area contributed by atoms with Crippen LogP contribution in [0.15, 0.2) is 131 Å². The number of likely N-dealkylation sites (tertiary alicyclic amines) is 1. The van der Waals surface area contributed by atoms with Gasteiger partial charge in [0.1, 0.15) is 23.8 Å². The normalized spacial score (nSPS) is 13.2. The molecule has 0 spiro atoms. The van der Waals surface area contributed by atoms with Gasteiger partial charge in [-0.3, -0.25) is 13.9 Å². The monoisotopic (exact) mass is 759 g/mol. The molecule has 0 radical (unpaired) electrons. The maximum Gasteiger partial charge on any atom is 0.255 e. The number of sulfonamides is 1. The summed E-state index contributed by atoms with van der Waals surface area (Å²) in [6.45, 7) is -0.420. The third-order valence-electron chi connectivity index (χ3n) is 9.88. The van der Waals surface area contributed by atoms with Gasteiger partial charge in [0, 0.05) is 48.3 Å². The first-order valence-corrected chi connectivity index (χ1v) is 19.8. The molecule has 0 atom stereocenters. The topological polar surface area (TPSA) is 99.9 Å². The predicted octanol–water partition coefficient (Wildman–Crippen LogP) is 8.74. The number of fused-ring (bicyclic) bond motifs is 1. The van der Waals surface area contributed by atoms with Crippen LogP contribution < -0.4 is 9.62 Å². The van der Waals surface area contributed by atoms with E-state index < -0.39 is 35.0 Å². The van der Waals surface area contributed by atoms with E-state index in [9.17, 15) is 26.8 Å². The van der Waals surface area contributed by atoms with Crippen LogP contribution in [0.2, 0.25) is 0 Å². The van der Waals surface area contributed by atoms with Crippen LogP contribution in [0, 0.1) is 5.82 Å². The molecule has 0 saturated carbocycles. The third kappa shape index (κ3) is 7.65. The minimum atomic E-state index is -4.01. The number of amides is 2. The molecule has 1 aromatic heterocycles. The molecule has 8 nitrogen and oxygen atoms in total. The molecule has 2 heterocycles. The molecule has 1 saturated heterocycles. The fraction of sp³-hybridized carbons (Fsp3) is 0.182. The van der Waals surface area contributed by atoms with Crippen LogP contribution in [-0.2, 0) is 10.0 Å². The maximum absolute atomic E-state index is 14.1. The lowest BCUT2D eigenvalue weighted by Gasteiger charge is -2.30. The van der Waals surface area contributed by atoms with E-state index in [0.29, 0.717) is 53.6 Å². The standard InChI is InChI=1S/C44H39F2N3O5S/c1-47-43(50)41-37-27-36(38(49(25-22-45)55(2,52)53)28-39(37)54-42(41)32-16-18-35(46)19-17-32)33-14-9-15-34(26-33)44(51)48-23-20-31(21-24-48)40(29-10-5-3-6-11-29)30-12-7-4-8-13-30/h3-19,26-28H,20-25H2,1-2H3,(H,47,50). The molecule has 280 valence electrons. The Kier molecular flexibility index (Phi) is 10.7. The van der Waals surface area contributed by atoms with Gasteiger partial charge in [0.25, 0.3) is 11.8 Å². The van der Waals surface area contributed by atoms with Crippen molar-refractivity contribution in [1.29, 1.82) is 0 Å². The molecule has 0 aliphatic carbocycles. The van der Waals surface area contributed by atoms with Gasteiger partial charge in [-0.25, -0.2) is 17.2 Å². The van der Waals surface area contributed by atoms with Crippen molar-refractivity contribution in [2.45, 2.75) is 12.8 Å². The fourth-order valence-electron chi connectivity index (χ4n) is 7.28. The molecule has 1 fully saturated rings. The number of alkyl halides is 1. The summed E-state index contributed by atoms with van der Waals surface area (Å²) in [5.41, 5.74) is 6.79. The van der Waals surface area contributed by atoms with Crippen molar-refractivity contribution in [1.82, 2.24) is 10.2 Å². The summed E-state index contributed by atoms with van der Waals surface area (Å²) in [4.78, 5) is 29.3. The highest BCUT2D eigenvalue weighted by Crippen LogP contribution is 2.42. The van der Waals surface area contributed by atoms with Crippen LogP contribution in [0.4, 0.5) is 14.5 Å². The van der Waals surface area contributed by atoms with Gasteiger partial charge >= 0.3 is 0 Å². The Bertz CT molecular complexity index is 2470. The molecule has 7 rings (SSSR count). The van der Waals surface area contributed by atoms with E-state index in [4.69, 9.17) is 4.42 Å². The van der Waals surface area contributed by atoms with Gasteiger partial charge in [0.15, 0.2) is 0 Å². The summed E-state index contributed by atoms with van der Waals surface area (Å²) < 4.78 is 61.2. The van der Waals surface area contributed by atoms with Gasteiger partial charge in [0.05, 0.1) is 24.1 Å². The molecule has 6 aromatic rings. The molecule has 0 unspecified atom stereocenters. The van der Waals surface area contributed by atoms with Crippen LogP contribution in [0.5, 0.6) is 0 Å². The van der Waals surface area contributed by atoms with Crippen molar-refractivity contribution in [2.75, 3.05) is 43.9 Å². The number of halogens is 2. The highest BCUT2D eigenvalue weighted by Gasteiger charge is 2.29. The molecular weight excluding hydrogens is 721 g/mol. The second-order valence-electron chi connectivity index (χ2n) is 13.4. The summed E-state index contributed by atoms with van der Waals surface area (Å²) in [6.07, 6.45) is 2.37. The maximum atomic E-state index is 14.1. The lowest BCUT2D eigenvalue weighted by molar-refractivity contribution is 0.0743. The van der Waals surface area contributed by atoms with E-state index in [2.05, 4.69) is 29.6 Å². The molecule has 55 heavy (non-hydrogen) atoms. The third-order valence-corrected chi connectivity index (χ3v) is 11.1. The second kappa shape index (κ2) is 15.7. The molecule has 0 bridgehead atoms. The highest BCUT2D eigenvalue weighted by molar-refractivity contribution is 7.92. The molecular formula is C44H39F2N3O5S. The Balaban J connectivity index is 1.29. The Hall–Kier alpha value is -6.07. The SMILES string of the molecule is CNC(=O)c1c(-c2ccc(F)cc2)oc2cc(N(CCF)S(C)(=O)=O)c(-c3cccc(C(=O)N4CCC(=C(c5ccccc5)c5ccccc5)CC4)c3)cc12. The van der Waals surface area contributed by atoms with Gasteiger partial charge in [-0.15, -0.1) is 0 Å². The van der Waals surface area contributed by atoms with Gasteiger partial charge in [-0.05, 0) is 77.6 Å². The predicted molar refractivity (Wildman–Crippen MR) is 213 cm³/mol. The first-order valence-electron chi connectivity index (χ1n) is 17.9. The lowest BCUT2D eigenvalue weighted by Crippen LogP contribution is -2.36. The number of carbonyl (C=O) groups excluding carboxylic acids is 2. The van der Waals surface area contributed by atoms with Gasteiger partial charge in [-0.2, -0.15) is 0 Å². The van der Waals surface area contributed by atoms with Crippen LogP contribution in [-0.4, -0.2) is 64.7 Å². The number of furan rings is 1. The van der Waals surface area contributed by atoms with E-state index in [1.807, 2.05) is 41.3 Å². The first kappa shape index (κ1) is 37.3. The highest BCUT2D eigenvalue weighted by atomic mass is 32.2. The average Bonchev–Trinajstić information content (AvgIpc) is 3.58. The van der Waals surface area contributed by atoms with Crippen LogP contribution >= 0.6 is 0 Å². The Morgan fingerprint density at radius 2 is 1.42 bits per heavy atom. The zero-order valence-electron chi connectivity index (χ0n) is 30.4. The number of piperidine rings is 1. The Morgan fingerprint density at radius 3 is 2.00 bits per heavy atom. The number of hydrogen-bond acceptors (Lipinski definition) is 5. The van der Waals surface area contributed by atoms with Crippen LogP contribution in [0.25, 0.3) is 39.0 Å². The number of hydrogen-bond donors (Lipinski definition) is 1. The minimum absolute atomic E-state index is 0.113. The van der Waals surface area contributed by atoms with E-state index in [1.165, 1.54) is 48.5 Å². The summed E-state index contributed by atoms with van der Waals surface area (Å²) in [5.74, 6) is -0.980. The van der Waals surface area contributed by atoms with Crippen molar-refractivity contribution >= 4 is 44.1 Å². The van der Waals surface area contributed by atoms with Crippen LogP contribution in [0.3, 0.4) is 0 Å². The summed E-state index contributed by atoms with van der Waals surface area (Å²) >= 11 is 0. The number of nitrogens with one attached hydrogen (secondary N) is 1. The van der Waals surface area contributed by atoms with Gasteiger partial charge < -0.3 is 14.6 Å². The van der Waals surface area contributed by atoms with E-state index >= 15 is 0 Å². The summed E-state index contributed by atoms with van der Waals surface area (Å²) in [7, 11) is -2.54. The quantitative estimate of drug-likeness (QED) is 0.151. The Morgan fingerprint density at radius 1 is 0.800 bits per heavy atom. The molecule has 2 amide bonds. The fourth-order valence-corrected chi connectivity index (χ4v) is 8.19. The zero-order chi connectivity index (χ0) is 38.7. The van der Waals surface area contributed by atoms with Crippen molar-refractivity contribution in [3.8, 4) is 22.5 Å². The van der Waals surface area contributed by atoms with E-state index in [1.54, 1.807) is 30.3 Å². The number of rotatable bonds is 10. The lowest BCUT2D eigenvalue weighted by atomic mass is 9.88. The van der Waals surface area contributed by atoms with Crippen LogP contribution in [0.1, 0.15) is 44.7 Å². The van der Waals surface area contributed by atoms with Crippen molar-refractivity contribution in [3.63, 3.8) is 0 Å². The van der Waals surface area contributed by atoms with Gasteiger partial charge in [-0.1, -0.05) is 78.4 Å². The summed E-state index contributed by atoms with van der Waals surface area (Å²) in [5, 5.41) is 2.98. The van der Waals surface area contributed by atoms with Crippen molar-refractivity contribution in [2.24, 2.45) is 0 Å². The first-order chi connectivity index (χ1) is 26.6. The van der Waals surface area contributed by atoms with Crippen molar-refractivity contribution < 1.29 is 31.2 Å². The largest absolute Gasteiger partial charge is 0.455 e. The smallest absolute Gasteiger partial charge is 0.255 e. The molecule has 11 heteroatoms. The van der Waals surface area contributed by atoms with Crippen molar-refractivity contribution in [3.05, 3.63) is 155 Å². The van der Waals surface area contributed by atoms with Gasteiger partial charge in [0.2, 0.25) is 10.0 Å². The molecule has 1 aliphatic rings. The summed E-state index contributed by atoms with van der Waals surface area (Å²) in [6, 6.07) is 35.9. The number of anilines is 1. The van der Waals surface area contributed by atoms with E-state index in [-0.39, 0.29) is 28.5 Å².